The number of benzene rings is 1. The third kappa shape index (κ3) is 3.17. The predicted molar refractivity (Wildman–Crippen MR) is 87.6 cm³/mol. The van der Waals surface area contributed by atoms with Crippen molar-refractivity contribution in [1.82, 2.24) is 4.90 Å². The molecule has 0 radical (unpaired) electrons. The molecule has 2 fully saturated rings. The van der Waals surface area contributed by atoms with E-state index < -0.39 is 0 Å². The minimum Gasteiger partial charge on any atom is -0.329 e. The van der Waals surface area contributed by atoms with E-state index in [0.29, 0.717) is 12.6 Å². The van der Waals surface area contributed by atoms with Gasteiger partial charge in [0, 0.05) is 23.1 Å². The number of nitrogens with two attached hydrogens (primary N) is 1. The van der Waals surface area contributed by atoms with Crippen LogP contribution in [0, 0.1) is 11.7 Å². The standard InChI is InChI=1S/C17H24BrFN2/c18-15-10-13(19)7-8-14(15)17(11-20)21-9-3-5-12-4-1-2-6-16(12)21/h7-8,10,12,16-17H,1-6,9,11,20H2/t12-,16-,17?/m1/s1. The van der Waals surface area contributed by atoms with Crippen molar-refractivity contribution < 1.29 is 4.39 Å². The molecule has 1 saturated heterocycles. The van der Waals surface area contributed by atoms with E-state index in [4.69, 9.17) is 5.73 Å². The van der Waals surface area contributed by atoms with Crippen LogP contribution in [0.4, 0.5) is 4.39 Å². The number of hydrogen-bond acceptors (Lipinski definition) is 2. The Kier molecular flexibility index (Phi) is 4.97. The van der Waals surface area contributed by atoms with E-state index >= 15 is 0 Å². The molecule has 1 aliphatic carbocycles. The van der Waals surface area contributed by atoms with Gasteiger partial charge >= 0.3 is 0 Å². The van der Waals surface area contributed by atoms with Crippen LogP contribution >= 0.6 is 15.9 Å². The first-order chi connectivity index (χ1) is 10.2. The molecule has 116 valence electrons. The molecule has 1 saturated carbocycles. The van der Waals surface area contributed by atoms with Gasteiger partial charge in [0.15, 0.2) is 0 Å². The molecule has 0 aromatic heterocycles. The topological polar surface area (TPSA) is 29.3 Å². The number of halogens is 2. The lowest BCUT2D eigenvalue weighted by atomic mass is 9.77. The zero-order valence-electron chi connectivity index (χ0n) is 12.4. The Morgan fingerprint density at radius 3 is 2.76 bits per heavy atom. The lowest BCUT2D eigenvalue weighted by Gasteiger charge is -2.47. The molecule has 1 unspecified atom stereocenters. The largest absolute Gasteiger partial charge is 0.329 e. The van der Waals surface area contributed by atoms with Crippen molar-refractivity contribution >= 4 is 15.9 Å². The minimum absolute atomic E-state index is 0.199. The summed E-state index contributed by atoms with van der Waals surface area (Å²) >= 11 is 3.52. The Bertz CT molecular complexity index is 492. The summed E-state index contributed by atoms with van der Waals surface area (Å²) in [4.78, 5) is 2.60. The highest BCUT2D eigenvalue weighted by molar-refractivity contribution is 9.10. The van der Waals surface area contributed by atoms with Crippen molar-refractivity contribution in [2.75, 3.05) is 13.1 Å². The van der Waals surface area contributed by atoms with Gasteiger partial charge in [0.05, 0.1) is 0 Å². The second-order valence-electron chi connectivity index (χ2n) is 6.41. The highest BCUT2D eigenvalue weighted by Gasteiger charge is 2.37. The molecule has 1 aromatic carbocycles. The summed E-state index contributed by atoms with van der Waals surface area (Å²) in [5.41, 5.74) is 7.24. The number of piperidine rings is 1. The lowest BCUT2D eigenvalue weighted by molar-refractivity contribution is 0.0274. The van der Waals surface area contributed by atoms with Crippen LogP contribution in [-0.2, 0) is 0 Å². The predicted octanol–water partition coefficient (Wildman–Crippen LogP) is 4.24. The summed E-state index contributed by atoms with van der Waals surface area (Å²) in [6, 6.07) is 5.86. The fourth-order valence-electron chi connectivity index (χ4n) is 4.26. The maximum Gasteiger partial charge on any atom is 0.124 e. The Morgan fingerprint density at radius 2 is 2.00 bits per heavy atom. The summed E-state index contributed by atoms with van der Waals surface area (Å²) in [7, 11) is 0. The molecule has 1 heterocycles. The van der Waals surface area contributed by atoms with Gasteiger partial charge in [-0.1, -0.05) is 34.8 Å². The molecule has 0 bridgehead atoms. The van der Waals surface area contributed by atoms with Crippen molar-refractivity contribution in [3.8, 4) is 0 Å². The average Bonchev–Trinajstić information content (AvgIpc) is 2.50. The molecule has 3 rings (SSSR count). The van der Waals surface area contributed by atoms with E-state index in [2.05, 4.69) is 20.8 Å². The molecule has 4 heteroatoms. The summed E-state index contributed by atoms with van der Waals surface area (Å²) in [5, 5.41) is 0. The first-order valence-electron chi connectivity index (χ1n) is 8.11. The van der Waals surface area contributed by atoms with Crippen LogP contribution in [0.3, 0.4) is 0 Å². The van der Waals surface area contributed by atoms with E-state index in [1.165, 1.54) is 38.5 Å². The number of likely N-dealkylation sites (tertiary alicyclic amines) is 1. The zero-order valence-corrected chi connectivity index (χ0v) is 14.0. The zero-order chi connectivity index (χ0) is 14.8. The van der Waals surface area contributed by atoms with Gasteiger partial charge in [-0.2, -0.15) is 0 Å². The van der Waals surface area contributed by atoms with Gasteiger partial charge in [-0.3, -0.25) is 4.90 Å². The van der Waals surface area contributed by atoms with E-state index in [1.54, 1.807) is 12.1 Å². The van der Waals surface area contributed by atoms with Crippen LogP contribution in [0.15, 0.2) is 22.7 Å². The molecular formula is C17H24BrFN2. The molecule has 2 nitrogen and oxygen atoms in total. The van der Waals surface area contributed by atoms with Crippen molar-refractivity contribution in [1.29, 1.82) is 0 Å². The second-order valence-corrected chi connectivity index (χ2v) is 7.26. The molecule has 0 spiro atoms. The van der Waals surface area contributed by atoms with Gasteiger partial charge in [-0.25, -0.2) is 4.39 Å². The lowest BCUT2D eigenvalue weighted by Crippen LogP contribution is -2.50. The van der Waals surface area contributed by atoms with Gasteiger partial charge in [0.2, 0.25) is 0 Å². The Labute approximate surface area is 135 Å². The third-order valence-electron chi connectivity index (χ3n) is 5.23. The normalized spacial score (nSPS) is 28.1. The fraction of sp³-hybridized carbons (Fsp3) is 0.647. The average molecular weight is 355 g/mol. The van der Waals surface area contributed by atoms with Crippen molar-refractivity contribution in [3.05, 3.63) is 34.1 Å². The number of nitrogens with zero attached hydrogens (tertiary/aromatic N) is 1. The Balaban J connectivity index is 1.87. The van der Waals surface area contributed by atoms with Gasteiger partial charge in [-0.05, 0) is 55.8 Å². The number of rotatable bonds is 3. The molecule has 1 aliphatic heterocycles. The van der Waals surface area contributed by atoms with E-state index in [1.807, 2.05) is 6.07 Å². The fourth-order valence-corrected chi connectivity index (χ4v) is 4.88. The molecule has 21 heavy (non-hydrogen) atoms. The van der Waals surface area contributed by atoms with Gasteiger partial charge in [-0.15, -0.1) is 0 Å². The number of hydrogen-bond donors (Lipinski definition) is 1. The van der Waals surface area contributed by atoms with E-state index in [9.17, 15) is 4.39 Å². The van der Waals surface area contributed by atoms with Crippen LogP contribution in [0.5, 0.6) is 0 Å². The second kappa shape index (κ2) is 6.76. The van der Waals surface area contributed by atoms with Crippen LogP contribution in [0.25, 0.3) is 0 Å². The van der Waals surface area contributed by atoms with Gasteiger partial charge in [0.25, 0.3) is 0 Å². The van der Waals surface area contributed by atoms with Crippen molar-refractivity contribution in [2.24, 2.45) is 11.7 Å². The van der Waals surface area contributed by atoms with Crippen LogP contribution < -0.4 is 5.73 Å². The quantitative estimate of drug-likeness (QED) is 0.879. The van der Waals surface area contributed by atoms with Crippen molar-refractivity contribution in [3.63, 3.8) is 0 Å². The summed E-state index contributed by atoms with van der Waals surface area (Å²) < 4.78 is 14.2. The van der Waals surface area contributed by atoms with Crippen LogP contribution in [0.2, 0.25) is 0 Å². The highest BCUT2D eigenvalue weighted by Crippen LogP contribution is 2.40. The first-order valence-corrected chi connectivity index (χ1v) is 8.90. The van der Waals surface area contributed by atoms with E-state index in [0.717, 1.165) is 22.5 Å². The molecule has 2 N–H and O–H groups in total. The molecule has 3 atom stereocenters. The smallest absolute Gasteiger partial charge is 0.124 e. The molecule has 2 aliphatic rings. The van der Waals surface area contributed by atoms with Crippen LogP contribution in [0.1, 0.15) is 50.1 Å². The third-order valence-corrected chi connectivity index (χ3v) is 5.92. The maximum absolute atomic E-state index is 13.4. The van der Waals surface area contributed by atoms with Gasteiger partial charge < -0.3 is 5.73 Å². The minimum atomic E-state index is -0.199. The Morgan fingerprint density at radius 1 is 1.24 bits per heavy atom. The first kappa shape index (κ1) is 15.4. The molecule has 0 amide bonds. The summed E-state index contributed by atoms with van der Waals surface area (Å²) in [6.07, 6.45) is 7.99. The van der Waals surface area contributed by atoms with Gasteiger partial charge in [0.1, 0.15) is 5.82 Å². The van der Waals surface area contributed by atoms with Crippen LogP contribution in [-0.4, -0.2) is 24.0 Å². The monoisotopic (exact) mass is 354 g/mol. The summed E-state index contributed by atoms with van der Waals surface area (Å²) in [5.74, 6) is 0.636. The maximum atomic E-state index is 13.4. The summed E-state index contributed by atoms with van der Waals surface area (Å²) in [6.45, 7) is 1.71. The SMILES string of the molecule is NCC(c1ccc(F)cc1Br)N1CCC[C@H]2CCCC[C@H]21. The Hall–Kier alpha value is -0.450. The molecular weight excluding hydrogens is 331 g/mol. The van der Waals surface area contributed by atoms with Crippen molar-refractivity contribution in [2.45, 2.75) is 50.6 Å². The number of fused-ring (bicyclic) bond motifs is 1. The molecule has 1 aromatic rings. The van der Waals surface area contributed by atoms with E-state index in [-0.39, 0.29) is 11.9 Å². The highest BCUT2D eigenvalue weighted by atomic mass is 79.9.